The lowest BCUT2D eigenvalue weighted by atomic mass is 10.2. The van der Waals surface area contributed by atoms with Gasteiger partial charge in [0.05, 0.1) is 24.2 Å². The first-order chi connectivity index (χ1) is 10.2. The molecule has 0 amide bonds. The Kier molecular flexibility index (Phi) is 3.52. The first kappa shape index (κ1) is 13.5. The van der Waals surface area contributed by atoms with E-state index in [-0.39, 0.29) is 6.10 Å². The van der Waals surface area contributed by atoms with Crippen molar-refractivity contribution in [3.63, 3.8) is 0 Å². The molecular weight excluding hydrogens is 264 g/mol. The average Bonchev–Trinajstić information content (AvgIpc) is 2.90. The van der Waals surface area contributed by atoms with Crippen molar-refractivity contribution in [2.45, 2.75) is 20.0 Å². The molecule has 2 aromatic carbocycles. The molecule has 0 aliphatic carbocycles. The maximum Gasteiger partial charge on any atom is 0.138 e. The predicted octanol–water partition coefficient (Wildman–Crippen LogP) is 4.03. The van der Waals surface area contributed by atoms with Crippen LogP contribution in [0.25, 0.3) is 22.4 Å². The smallest absolute Gasteiger partial charge is 0.138 e. The third kappa shape index (κ3) is 2.84. The van der Waals surface area contributed by atoms with Gasteiger partial charge < -0.3 is 14.5 Å². The highest BCUT2D eigenvalue weighted by Crippen LogP contribution is 2.25. The van der Waals surface area contributed by atoms with Crippen LogP contribution in [0.4, 0.5) is 0 Å². The first-order valence-electron chi connectivity index (χ1n) is 6.96. The fourth-order valence-electron chi connectivity index (χ4n) is 2.22. The Hall–Kier alpha value is -2.49. The predicted molar refractivity (Wildman–Crippen MR) is 83.8 cm³/mol. The number of aromatic nitrogens is 2. The molecule has 0 spiro atoms. The Labute approximate surface area is 123 Å². The van der Waals surface area contributed by atoms with Gasteiger partial charge >= 0.3 is 0 Å². The SMILES string of the molecule is COc1ccc2nc(-c3ccc(OC(C)C)cc3)[nH]c2c1. The van der Waals surface area contributed by atoms with E-state index in [1.807, 2.05) is 56.3 Å². The van der Waals surface area contributed by atoms with Crippen molar-refractivity contribution in [2.75, 3.05) is 7.11 Å². The van der Waals surface area contributed by atoms with Crippen LogP contribution in [0.1, 0.15) is 13.8 Å². The third-order valence-corrected chi connectivity index (χ3v) is 3.19. The summed E-state index contributed by atoms with van der Waals surface area (Å²) in [7, 11) is 1.66. The van der Waals surface area contributed by atoms with Crippen LogP contribution >= 0.6 is 0 Å². The molecular formula is C17H18N2O2. The van der Waals surface area contributed by atoms with E-state index in [4.69, 9.17) is 9.47 Å². The van der Waals surface area contributed by atoms with E-state index in [1.165, 1.54) is 0 Å². The number of aromatic amines is 1. The number of benzene rings is 2. The Morgan fingerprint density at radius 1 is 1.00 bits per heavy atom. The molecule has 4 heteroatoms. The number of nitrogens with one attached hydrogen (secondary N) is 1. The van der Waals surface area contributed by atoms with Gasteiger partial charge in [-0.15, -0.1) is 0 Å². The summed E-state index contributed by atoms with van der Waals surface area (Å²) in [5.41, 5.74) is 2.92. The zero-order chi connectivity index (χ0) is 14.8. The quantitative estimate of drug-likeness (QED) is 0.786. The Morgan fingerprint density at radius 2 is 1.71 bits per heavy atom. The van der Waals surface area contributed by atoms with Crippen LogP contribution in [0.3, 0.4) is 0 Å². The van der Waals surface area contributed by atoms with Crippen LogP contribution in [-0.4, -0.2) is 23.2 Å². The molecule has 0 atom stereocenters. The number of methoxy groups -OCH3 is 1. The van der Waals surface area contributed by atoms with Gasteiger partial charge in [-0.1, -0.05) is 0 Å². The lowest BCUT2D eigenvalue weighted by molar-refractivity contribution is 0.242. The summed E-state index contributed by atoms with van der Waals surface area (Å²) >= 11 is 0. The van der Waals surface area contributed by atoms with Crippen LogP contribution in [0.2, 0.25) is 0 Å². The number of hydrogen-bond acceptors (Lipinski definition) is 3. The van der Waals surface area contributed by atoms with E-state index in [2.05, 4.69) is 9.97 Å². The van der Waals surface area contributed by atoms with Crippen LogP contribution in [-0.2, 0) is 0 Å². The number of hydrogen-bond donors (Lipinski definition) is 1. The van der Waals surface area contributed by atoms with E-state index in [1.54, 1.807) is 7.11 Å². The van der Waals surface area contributed by atoms with Crippen LogP contribution in [0.15, 0.2) is 42.5 Å². The number of nitrogens with zero attached hydrogens (tertiary/aromatic N) is 1. The van der Waals surface area contributed by atoms with Gasteiger partial charge in [0.1, 0.15) is 17.3 Å². The Bertz CT molecular complexity index is 745. The minimum Gasteiger partial charge on any atom is -0.497 e. The molecule has 0 saturated heterocycles. The number of H-pyrrole nitrogens is 1. The van der Waals surface area contributed by atoms with Gasteiger partial charge in [0, 0.05) is 11.6 Å². The van der Waals surface area contributed by atoms with Gasteiger partial charge in [-0.3, -0.25) is 0 Å². The van der Waals surface area contributed by atoms with Gasteiger partial charge in [-0.2, -0.15) is 0 Å². The summed E-state index contributed by atoms with van der Waals surface area (Å²) in [5, 5.41) is 0. The Balaban J connectivity index is 1.92. The summed E-state index contributed by atoms with van der Waals surface area (Å²) < 4.78 is 10.9. The zero-order valence-corrected chi connectivity index (χ0v) is 12.4. The molecule has 0 aliphatic heterocycles. The second-order valence-corrected chi connectivity index (χ2v) is 5.16. The van der Waals surface area contributed by atoms with E-state index < -0.39 is 0 Å². The van der Waals surface area contributed by atoms with E-state index in [0.29, 0.717) is 0 Å². The fraction of sp³-hybridized carbons (Fsp3) is 0.235. The summed E-state index contributed by atoms with van der Waals surface area (Å²) in [5.74, 6) is 2.53. The van der Waals surface area contributed by atoms with Crippen molar-refractivity contribution in [1.29, 1.82) is 0 Å². The number of ether oxygens (including phenoxy) is 2. The monoisotopic (exact) mass is 282 g/mol. The molecule has 0 unspecified atom stereocenters. The normalized spacial score (nSPS) is 11.0. The largest absolute Gasteiger partial charge is 0.497 e. The maximum absolute atomic E-state index is 5.65. The highest BCUT2D eigenvalue weighted by Gasteiger charge is 2.07. The lowest BCUT2D eigenvalue weighted by Crippen LogP contribution is -2.05. The molecule has 0 saturated carbocycles. The van der Waals surface area contributed by atoms with Crippen molar-refractivity contribution in [3.05, 3.63) is 42.5 Å². The Morgan fingerprint density at radius 3 is 2.38 bits per heavy atom. The van der Waals surface area contributed by atoms with Crippen molar-refractivity contribution >= 4 is 11.0 Å². The number of fused-ring (bicyclic) bond motifs is 1. The van der Waals surface area contributed by atoms with Crippen LogP contribution in [0.5, 0.6) is 11.5 Å². The number of rotatable bonds is 4. The van der Waals surface area contributed by atoms with Crippen molar-refractivity contribution in [3.8, 4) is 22.9 Å². The van der Waals surface area contributed by atoms with Gasteiger partial charge in [-0.25, -0.2) is 4.98 Å². The molecule has 1 N–H and O–H groups in total. The van der Waals surface area contributed by atoms with Crippen molar-refractivity contribution < 1.29 is 9.47 Å². The van der Waals surface area contributed by atoms with Gasteiger partial charge in [0.15, 0.2) is 0 Å². The average molecular weight is 282 g/mol. The molecule has 1 aromatic heterocycles. The van der Waals surface area contributed by atoms with Gasteiger partial charge in [-0.05, 0) is 50.2 Å². The third-order valence-electron chi connectivity index (χ3n) is 3.19. The molecule has 3 rings (SSSR count). The van der Waals surface area contributed by atoms with E-state index >= 15 is 0 Å². The van der Waals surface area contributed by atoms with Gasteiger partial charge in [0.2, 0.25) is 0 Å². The summed E-state index contributed by atoms with van der Waals surface area (Å²) in [4.78, 5) is 7.91. The molecule has 0 bridgehead atoms. The fourth-order valence-corrected chi connectivity index (χ4v) is 2.22. The zero-order valence-electron chi connectivity index (χ0n) is 12.4. The van der Waals surface area contributed by atoms with Crippen LogP contribution in [0, 0.1) is 0 Å². The highest BCUT2D eigenvalue weighted by atomic mass is 16.5. The standard InChI is InChI=1S/C17H18N2O2/c1-11(2)21-13-6-4-12(5-7-13)17-18-15-9-8-14(20-3)10-16(15)19-17/h4-11H,1-3H3,(H,18,19). The van der Waals surface area contributed by atoms with Crippen LogP contribution < -0.4 is 9.47 Å². The maximum atomic E-state index is 5.65. The summed E-state index contributed by atoms with van der Waals surface area (Å²) in [6.07, 6.45) is 0.175. The minimum atomic E-state index is 0.175. The highest BCUT2D eigenvalue weighted by molar-refractivity contribution is 5.80. The molecule has 21 heavy (non-hydrogen) atoms. The van der Waals surface area contributed by atoms with Crippen molar-refractivity contribution in [2.24, 2.45) is 0 Å². The lowest BCUT2D eigenvalue weighted by Gasteiger charge is -2.09. The number of imidazole rings is 1. The molecule has 108 valence electrons. The molecule has 4 nitrogen and oxygen atoms in total. The first-order valence-corrected chi connectivity index (χ1v) is 6.96. The molecule has 0 aliphatic rings. The second-order valence-electron chi connectivity index (χ2n) is 5.16. The molecule has 1 heterocycles. The van der Waals surface area contributed by atoms with E-state index in [0.717, 1.165) is 33.9 Å². The minimum absolute atomic E-state index is 0.175. The molecule has 0 fully saturated rings. The molecule has 3 aromatic rings. The summed E-state index contributed by atoms with van der Waals surface area (Å²) in [6, 6.07) is 13.7. The van der Waals surface area contributed by atoms with Gasteiger partial charge in [0.25, 0.3) is 0 Å². The summed E-state index contributed by atoms with van der Waals surface area (Å²) in [6.45, 7) is 4.03. The van der Waals surface area contributed by atoms with E-state index in [9.17, 15) is 0 Å². The topological polar surface area (TPSA) is 47.1 Å². The second kappa shape index (κ2) is 5.48. The molecule has 0 radical (unpaired) electrons. The van der Waals surface area contributed by atoms with Crippen molar-refractivity contribution in [1.82, 2.24) is 9.97 Å².